The molecule has 0 aliphatic carbocycles. The first-order valence-corrected chi connectivity index (χ1v) is 12.2. The molecule has 0 saturated carbocycles. The van der Waals surface area contributed by atoms with Crippen LogP contribution in [-0.4, -0.2) is 87.7 Å². The number of aliphatic hydroxyl groups is 2. The number of allylic oxidation sites excluding steroid dienone is 1. The van der Waals surface area contributed by atoms with Crippen molar-refractivity contribution in [3.05, 3.63) is 29.3 Å². The van der Waals surface area contributed by atoms with Crippen molar-refractivity contribution < 1.29 is 48.5 Å². The van der Waals surface area contributed by atoms with Gasteiger partial charge >= 0.3 is 5.97 Å². The van der Waals surface area contributed by atoms with Gasteiger partial charge in [-0.2, -0.15) is 0 Å². The maximum Gasteiger partial charge on any atom is 0.340 e. The van der Waals surface area contributed by atoms with Crippen LogP contribution in [0.15, 0.2) is 18.2 Å². The van der Waals surface area contributed by atoms with E-state index in [1.807, 2.05) is 6.08 Å². The lowest BCUT2D eigenvalue weighted by atomic mass is 10.0. The summed E-state index contributed by atoms with van der Waals surface area (Å²) >= 11 is 0. The number of aromatic carboxylic acids is 1. The molecule has 0 saturated heterocycles. The molecule has 0 heterocycles. The predicted molar refractivity (Wildman–Crippen MR) is 134 cm³/mol. The number of carbonyl (C=O) groups is 1. The number of hydrogen-bond acceptors (Lipinski definition) is 9. The van der Waals surface area contributed by atoms with Crippen LogP contribution in [0, 0.1) is 0 Å². The Labute approximate surface area is 213 Å². The summed E-state index contributed by atoms with van der Waals surface area (Å²) in [5.74, 6) is -0.641. The first-order valence-electron chi connectivity index (χ1n) is 12.2. The minimum Gasteiger partial charge on any atom is -0.478 e. The summed E-state index contributed by atoms with van der Waals surface area (Å²) in [6, 6.07) is 3.10. The number of benzene rings is 1. The molecule has 1 rings (SSSR count). The minimum atomic E-state index is -1.14. The lowest BCUT2D eigenvalue weighted by Gasteiger charge is -2.15. The second-order valence-electron chi connectivity index (χ2n) is 8.28. The van der Waals surface area contributed by atoms with Crippen molar-refractivity contribution in [2.45, 2.75) is 57.7 Å². The van der Waals surface area contributed by atoms with Gasteiger partial charge < -0.3 is 43.7 Å². The van der Waals surface area contributed by atoms with Gasteiger partial charge in [0.05, 0.1) is 38.6 Å². The zero-order valence-corrected chi connectivity index (χ0v) is 21.6. The molecule has 10 nitrogen and oxygen atoms in total. The fourth-order valence-electron chi connectivity index (χ4n) is 3.26. The topological polar surface area (TPSA) is 133 Å². The van der Waals surface area contributed by atoms with Crippen LogP contribution in [0.2, 0.25) is 0 Å². The summed E-state index contributed by atoms with van der Waals surface area (Å²) in [6.07, 6.45) is 6.93. The van der Waals surface area contributed by atoms with Crippen molar-refractivity contribution in [3.63, 3.8) is 0 Å². The highest BCUT2D eigenvalue weighted by atomic mass is 16.7. The molecule has 0 aliphatic heterocycles. The molecule has 3 N–H and O–H groups in total. The zero-order valence-electron chi connectivity index (χ0n) is 21.6. The van der Waals surface area contributed by atoms with Crippen molar-refractivity contribution in [1.82, 2.24) is 0 Å². The van der Waals surface area contributed by atoms with Crippen LogP contribution < -0.4 is 9.47 Å². The third kappa shape index (κ3) is 14.4. The fraction of sp³-hybridized carbons (Fsp3) is 0.654. The molecule has 0 unspecified atom stereocenters. The summed E-state index contributed by atoms with van der Waals surface area (Å²) in [6.45, 7) is 3.04. The Balaban J connectivity index is 2.84. The van der Waals surface area contributed by atoms with Gasteiger partial charge in [0.1, 0.15) is 17.1 Å². The van der Waals surface area contributed by atoms with Gasteiger partial charge in [-0.15, -0.1) is 0 Å². The van der Waals surface area contributed by atoms with Crippen LogP contribution in [0.4, 0.5) is 0 Å². The maximum atomic E-state index is 12.0. The van der Waals surface area contributed by atoms with Gasteiger partial charge in [0.15, 0.2) is 13.6 Å². The van der Waals surface area contributed by atoms with Gasteiger partial charge in [-0.05, 0) is 57.1 Å². The average molecular weight is 515 g/mol. The van der Waals surface area contributed by atoms with Gasteiger partial charge in [-0.3, -0.25) is 0 Å². The van der Waals surface area contributed by atoms with Crippen LogP contribution in [0.1, 0.15) is 61.4 Å². The number of carboxylic acid groups (broad SMARTS) is 1. The molecule has 0 fully saturated rings. The Morgan fingerprint density at radius 1 is 0.917 bits per heavy atom. The van der Waals surface area contributed by atoms with Crippen molar-refractivity contribution >= 4 is 12.0 Å². The Bertz CT molecular complexity index is 750. The van der Waals surface area contributed by atoms with Gasteiger partial charge in [-0.25, -0.2) is 4.79 Å². The van der Waals surface area contributed by atoms with E-state index in [9.17, 15) is 20.1 Å². The largest absolute Gasteiger partial charge is 0.478 e. The molecule has 1 aromatic carbocycles. The highest BCUT2D eigenvalue weighted by Gasteiger charge is 2.18. The number of carboxylic acids is 1. The maximum absolute atomic E-state index is 12.0. The first-order chi connectivity index (χ1) is 17.4. The summed E-state index contributed by atoms with van der Waals surface area (Å²) in [7, 11) is 3.13. The summed E-state index contributed by atoms with van der Waals surface area (Å²) in [5.41, 5.74) is 0.411. The van der Waals surface area contributed by atoms with E-state index < -0.39 is 12.1 Å². The van der Waals surface area contributed by atoms with Crippen LogP contribution in [0.25, 0.3) is 6.08 Å². The van der Waals surface area contributed by atoms with Crippen LogP contribution in [-0.2, 0) is 18.9 Å². The average Bonchev–Trinajstić information content (AvgIpc) is 2.83. The molecule has 206 valence electrons. The smallest absolute Gasteiger partial charge is 0.340 e. The normalized spacial score (nSPS) is 13.1. The fourth-order valence-corrected chi connectivity index (χ4v) is 3.26. The lowest BCUT2D eigenvalue weighted by Crippen LogP contribution is -2.12. The highest BCUT2D eigenvalue weighted by molar-refractivity contribution is 5.95. The van der Waals surface area contributed by atoms with Crippen LogP contribution >= 0.6 is 0 Å². The number of rotatable bonds is 22. The Hall–Kier alpha value is -2.21. The Kier molecular flexibility index (Phi) is 17.6. The monoisotopic (exact) mass is 514 g/mol. The quantitative estimate of drug-likeness (QED) is 0.156. The molecule has 0 spiro atoms. The SMILES string of the molecule is COCCOCOc1cc(/C=C/CCC[C@H](O)CCC[C@H](C)O)c(C(=O)O)c(OCOCCOC)c1. The van der Waals surface area contributed by atoms with E-state index in [2.05, 4.69) is 0 Å². The van der Waals surface area contributed by atoms with E-state index in [1.165, 1.54) is 6.07 Å². The lowest BCUT2D eigenvalue weighted by molar-refractivity contribution is -0.0119. The predicted octanol–water partition coefficient (Wildman–Crippen LogP) is 3.48. The second kappa shape index (κ2) is 19.9. The van der Waals surface area contributed by atoms with Crippen LogP contribution in [0.5, 0.6) is 11.5 Å². The van der Waals surface area contributed by atoms with E-state index in [4.69, 9.17) is 28.4 Å². The molecule has 0 bridgehead atoms. The zero-order chi connectivity index (χ0) is 26.6. The molecule has 1 aromatic rings. The number of methoxy groups -OCH3 is 2. The Morgan fingerprint density at radius 2 is 1.56 bits per heavy atom. The van der Waals surface area contributed by atoms with Gasteiger partial charge in [0, 0.05) is 20.3 Å². The summed E-state index contributed by atoms with van der Waals surface area (Å²) < 4.78 is 31.7. The number of hydrogen-bond donors (Lipinski definition) is 3. The van der Waals surface area contributed by atoms with E-state index in [0.29, 0.717) is 63.4 Å². The molecule has 0 aromatic heterocycles. The van der Waals surface area contributed by atoms with Crippen molar-refractivity contribution in [2.75, 3.05) is 54.2 Å². The number of ether oxygens (including phenoxy) is 6. The summed E-state index contributed by atoms with van der Waals surface area (Å²) in [5, 5.41) is 29.2. The van der Waals surface area contributed by atoms with Gasteiger partial charge in [0.25, 0.3) is 0 Å². The molecule has 0 amide bonds. The standard InChI is InChI=1S/C26H42O10/c1-20(27)8-7-11-22(28)10-6-4-5-9-21-16-23(35-18-33-14-12-31-2)17-24(25(21)26(29)30)36-19-34-15-13-32-3/h5,9,16-17,20,22,27-28H,4,6-8,10-15,18-19H2,1-3H3,(H,29,30)/b9-5+/t20-,22-/m0/s1. The van der Waals surface area contributed by atoms with Crippen LogP contribution in [0.3, 0.4) is 0 Å². The molecule has 0 radical (unpaired) electrons. The van der Waals surface area contributed by atoms with Gasteiger partial charge in [-0.1, -0.05) is 12.2 Å². The van der Waals surface area contributed by atoms with Crippen molar-refractivity contribution in [2.24, 2.45) is 0 Å². The molecular formula is C26H42O10. The van der Waals surface area contributed by atoms with Gasteiger partial charge in [0.2, 0.25) is 0 Å². The third-order valence-electron chi connectivity index (χ3n) is 5.16. The van der Waals surface area contributed by atoms with E-state index >= 15 is 0 Å². The minimum absolute atomic E-state index is 0.00704. The van der Waals surface area contributed by atoms with E-state index in [1.54, 1.807) is 33.3 Å². The molecular weight excluding hydrogens is 472 g/mol. The highest BCUT2D eigenvalue weighted by Crippen LogP contribution is 2.30. The second-order valence-corrected chi connectivity index (χ2v) is 8.28. The summed E-state index contributed by atoms with van der Waals surface area (Å²) in [4.78, 5) is 12.0. The molecule has 0 aliphatic rings. The number of aliphatic hydroxyl groups excluding tert-OH is 2. The van der Waals surface area contributed by atoms with Crippen molar-refractivity contribution in [1.29, 1.82) is 0 Å². The van der Waals surface area contributed by atoms with Crippen molar-refractivity contribution in [3.8, 4) is 11.5 Å². The number of unbranched alkanes of at least 4 members (excludes halogenated alkanes) is 1. The van der Waals surface area contributed by atoms with E-state index in [-0.39, 0.29) is 31.0 Å². The first kappa shape index (κ1) is 31.8. The molecule has 10 heteroatoms. The molecule has 2 atom stereocenters. The molecule has 36 heavy (non-hydrogen) atoms. The third-order valence-corrected chi connectivity index (χ3v) is 5.16. The van der Waals surface area contributed by atoms with E-state index in [0.717, 1.165) is 12.8 Å². The Morgan fingerprint density at radius 3 is 2.17 bits per heavy atom.